The second kappa shape index (κ2) is 8.30. The molecular weight excluding hydrogens is 418 g/mol. The number of carbonyl (C=O) groups is 2. The number of hydrogen-bond donors (Lipinski definition) is 0. The minimum Gasteiger partial charge on any atom is -0.370 e. The van der Waals surface area contributed by atoms with Gasteiger partial charge in [0.2, 0.25) is 5.91 Å². The number of hydrogen-bond acceptors (Lipinski definition) is 3. The van der Waals surface area contributed by atoms with Crippen molar-refractivity contribution < 1.29 is 18.7 Å². The standard InChI is InChI=1S/C21H19Cl2FN2O3/c22-16-11-17(23)18(24)10-15(16)19-12-25(8-9-29-19)21(28)13-3-5-14(6-4-13)26-7-1-2-20(26)27/h3-6,10-11,19H,1-2,7-9,12H2. The van der Waals surface area contributed by atoms with E-state index < -0.39 is 11.9 Å². The summed E-state index contributed by atoms with van der Waals surface area (Å²) in [4.78, 5) is 28.2. The van der Waals surface area contributed by atoms with Crippen molar-refractivity contribution in [2.24, 2.45) is 0 Å². The summed E-state index contributed by atoms with van der Waals surface area (Å²) in [6.45, 7) is 1.70. The number of morpholine rings is 1. The zero-order valence-corrected chi connectivity index (χ0v) is 17.0. The lowest BCUT2D eigenvalue weighted by atomic mass is 10.1. The van der Waals surface area contributed by atoms with Crippen molar-refractivity contribution >= 4 is 40.7 Å². The smallest absolute Gasteiger partial charge is 0.254 e. The molecule has 1 atom stereocenters. The first kappa shape index (κ1) is 20.1. The summed E-state index contributed by atoms with van der Waals surface area (Å²) in [5.74, 6) is -0.625. The Bertz CT molecular complexity index is 952. The number of nitrogens with zero attached hydrogens (tertiary/aromatic N) is 2. The van der Waals surface area contributed by atoms with Gasteiger partial charge in [0.05, 0.1) is 18.2 Å². The van der Waals surface area contributed by atoms with Crippen LogP contribution < -0.4 is 4.90 Å². The van der Waals surface area contributed by atoms with E-state index in [1.165, 1.54) is 12.1 Å². The van der Waals surface area contributed by atoms with E-state index in [0.717, 1.165) is 12.1 Å². The van der Waals surface area contributed by atoms with Gasteiger partial charge in [-0.15, -0.1) is 0 Å². The van der Waals surface area contributed by atoms with Crippen LogP contribution in [0.1, 0.15) is 34.9 Å². The highest BCUT2D eigenvalue weighted by Gasteiger charge is 2.28. The molecule has 5 nitrogen and oxygen atoms in total. The van der Waals surface area contributed by atoms with Crippen molar-refractivity contribution in [2.75, 3.05) is 31.1 Å². The largest absolute Gasteiger partial charge is 0.370 e. The average molecular weight is 437 g/mol. The molecule has 0 saturated carbocycles. The third kappa shape index (κ3) is 4.10. The molecule has 2 saturated heterocycles. The van der Waals surface area contributed by atoms with E-state index in [0.29, 0.717) is 42.3 Å². The topological polar surface area (TPSA) is 49.9 Å². The maximum atomic E-state index is 13.9. The predicted octanol–water partition coefficient (Wildman–Crippen LogP) is 4.47. The van der Waals surface area contributed by atoms with Gasteiger partial charge in [0.25, 0.3) is 5.91 Å². The van der Waals surface area contributed by atoms with Crippen molar-refractivity contribution in [3.63, 3.8) is 0 Å². The lowest BCUT2D eigenvalue weighted by Crippen LogP contribution is -2.42. The van der Waals surface area contributed by atoms with Gasteiger partial charge in [-0.25, -0.2) is 4.39 Å². The van der Waals surface area contributed by atoms with Crippen LogP contribution in [0.4, 0.5) is 10.1 Å². The molecule has 0 N–H and O–H groups in total. The molecule has 29 heavy (non-hydrogen) atoms. The van der Waals surface area contributed by atoms with E-state index in [-0.39, 0.29) is 23.4 Å². The molecule has 2 aliphatic rings. The Morgan fingerprint density at radius 1 is 1.10 bits per heavy atom. The Balaban J connectivity index is 1.49. The molecule has 2 heterocycles. The van der Waals surface area contributed by atoms with Gasteiger partial charge in [-0.2, -0.15) is 0 Å². The first-order chi connectivity index (χ1) is 13.9. The second-order valence-corrected chi connectivity index (χ2v) is 7.91. The minimum atomic E-state index is -0.579. The lowest BCUT2D eigenvalue weighted by Gasteiger charge is -2.33. The monoisotopic (exact) mass is 436 g/mol. The Labute approximate surface area is 177 Å². The van der Waals surface area contributed by atoms with Crippen molar-refractivity contribution in [1.29, 1.82) is 0 Å². The number of ether oxygens (including phenoxy) is 1. The predicted molar refractivity (Wildman–Crippen MR) is 109 cm³/mol. The zero-order chi connectivity index (χ0) is 20.5. The minimum absolute atomic E-state index is 0.0564. The number of rotatable bonds is 3. The molecule has 152 valence electrons. The van der Waals surface area contributed by atoms with Crippen molar-refractivity contribution in [3.05, 3.63) is 63.4 Å². The lowest BCUT2D eigenvalue weighted by molar-refractivity contribution is -0.117. The number of carbonyl (C=O) groups excluding carboxylic acids is 2. The van der Waals surface area contributed by atoms with Crippen LogP contribution in [0.3, 0.4) is 0 Å². The van der Waals surface area contributed by atoms with E-state index >= 15 is 0 Å². The molecule has 0 radical (unpaired) electrons. The van der Waals surface area contributed by atoms with E-state index in [4.69, 9.17) is 27.9 Å². The van der Waals surface area contributed by atoms with Gasteiger partial charge in [-0.05, 0) is 42.8 Å². The molecule has 0 aliphatic carbocycles. The van der Waals surface area contributed by atoms with E-state index in [9.17, 15) is 14.0 Å². The summed E-state index contributed by atoms with van der Waals surface area (Å²) in [5, 5.41) is 0.245. The first-order valence-corrected chi connectivity index (χ1v) is 10.2. The highest BCUT2D eigenvalue weighted by Crippen LogP contribution is 2.33. The Hall–Kier alpha value is -2.15. The summed E-state index contributed by atoms with van der Waals surface area (Å²) in [6, 6.07) is 9.63. The van der Waals surface area contributed by atoms with Crippen LogP contribution in [-0.2, 0) is 9.53 Å². The van der Waals surface area contributed by atoms with Gasteiger partial charge in [0.1, 0.15) is 11.9 Å². The summed E-state index contributed by atoms with van der Waals surface area (Å²) < 4.78 is 19.6. The van der Waals surface area contributed by atoms with E-state index in [1.54, 1.807) is 34.1 Å². The first-order valence-electron chi connectivity index (χ1n) is 9.40. The van der Waals surface area contributed by atoms with Crippen molar-refractivity contribution in [3.8, 4) is 0 Å². The van der Waals surface area contributed by atoms with Crippen LogP contribution in [0.2, 0.25) is 10.0 Å². The van der Waals surface area contributed by atoms with Crippen LogP contribution in [-0.4, -0.2) is 43.0 Å². The fourth-order valence-electron chi connectivity index (χ4n) is 3.69. The molecule has 0 spiro atoms. The Morgan fingerprint density at radius 3 is 2.55 bits per heavy atom. The molecular formula is C21H19Cl2FN2O3. The number of halogens is 3. The number of anilines is 1. The fourth-order valence-corrected chi connectivity index (χ4v) is 4.20. The summed E-state index contributed by atoms with van der Waals surface area (Å²) in [7, 11) is 0. The molecule has 2 aromatic rings. The molecule has 2 aromatic carbocycles. The quantitative estimate of drug-likeness (QED) is 0.666. The third-order valence-corrected chi connectivity index (χ3v) is 5.86. The average Bonchev–Trinajstić information content (AvgIpc) is 3.16. The molecule has 2 aliphatic heterocycles. The van der Waals surface area contributed by atoms with Crippen LogP contribution in [0, 0.1) is 5.82 Å². The van der Waals surface area contributed by atoms with Gasteiger partial charge in [-0.3, -0.25) is 9.59 Å². The molecule has 1 unspecified atom stereocenters. The summed E-state index contributed by atoms with van der Waals surface area (Å²) in [6.07, 6.45) is 0.875. The van der Waals surface area contributed by atoms with Crippen molar-refractivity contribution in [1.82, 2.24) is 4.90 Å². The highest BCUT2D eigenvalue weighted by atomic mass is 35.5. The van der Waals surface area contributed by atoms with E-state index in [1.807, 2.05) is 0 Å². The molecule has 4 rings (SSSR count). The molecule has 0 bridgehead atoms. The molecule has 8 heteroatoms. The van der Waals surface area contributed by atoms with Crippen molar-refractivity contribution in [2.45, 2.75) is 18.9 Å². The van der Waals surface area contributed by atoms with Gasteiger partial charge < -0.3 is 14.5 Å². The number of benzene rings is 2. The van der Waals surface area contributed by atoms with Crippen LogP contribution in [0.15, 0.2) is 36.4 Å². The molecule has 2 fully saturated rings. The Morgan fingerprint density at radius 2 is 1.86 bits per heavy atom. The van der Waals surface area contributed by atoms with Gasteiger partial charge >= 0.3 is 0 Å². The SMILES string of the molecule is O=C(c1ccc(N2CCCC2=O)cc1)N1CCOC(c2cc(F)c(Cl)cc2Cl)C1. The van der Waals surface area contributed by atoms with Crippen LogP contribution in [0.5, 0.6) is 0 Å². The number of amides is 2. The normalized spacial score (nSPS) is 19.7. The van der Waals surface area contributed by atoms with Gasteiger partial charge in [0.15, 0.2) is 0 Å². The molecule has 0 aromatic heterocycles. The maximum absolute atomic E-state index is 13.9. The summed E-state index contributed by atoms with van der Waals surface area (Å²) >= 11 is 12.0. The maximum Gasteiger partial charge on any atom is 0.254 e. The van der Waals surface area contributed by atoms with Gasteiger partial charge in [-0.1, -0.05) is 23.2 Å². The fraction of sp³-hybridized carbons (Fsp3) is 0.333. The third-order valence-electron chi connectivity index (χ3n) is 5.24. The van der Waals surface area contributed by atoms with Gasteiger partial charge in [0, 0.05) is 41.3 Å². The zero-order valence-electron chi connectivity index (χ0n) is 15.5. The second-order valence-electron chi connectivity index (χ2n) is 7.09. The summed E-state index contributed by atoms with van der Waals surface area (Å²) in [5.41, 5.74) is 1.79. The molecule has 2 amide bonds. The van der Waals surface area contributed by atoms with E-state index in [2.05, 4.69) is 0 Å². The van der Waals surface area contributed by atoms with Crippen LogP contribution in [0.25, 0.3) is 0 Å². The Kier molecular flexibility index (Phi) is 5.76. The highest BCUT2D eigenvalue weighted by molar-refractivity contribution is 6.35. The van der Waals surface area contributed by atoms with Crippen LogP contribution >= 0.6 is 23.2 Å².